The molecule has 3 rings (SSSR count). The van der Waals surface area contributed by atoms with E-state index in [0.29, 0.717) is 22.8 Å². The predicted octanol–water partition coefficient (Wildman–Crippen LogP) is 4.85. The van der Waals surface area contributed by atoms with Gasteiger partial charge in [-0.3, -0.25) is 14.6 Å². The Morgan fingerprint density at radius 2 is 1.29 bits per heavy atom. The van der Waals surface area contributed by atoms with E-state index in [1.54, 1.807) is 38.2 Å². The Hall–Kier alpha value is -3.35. The van der Waals surface area contributed by atoms with Crippen molar-refractivity contribution >= 4 is 22.7 Å². The van der Waals surface area contributed by atoms with E-state index in [2.05, 4.69) is 25.6 Å². The summed E-state index contributed by atoms with van der Waals surface area (Å²) < 4.78 is 1.37. The smallest absolute Gasteiger partial charge is 0.294 e. The summed E-state index contributed by atoms with van der Waals surface area (Å²) in [6, 6.07) is 16.6. The standard InChI is InChI=1S/C17H16N6O/c1-12-16(17(24)23(2)22-12)21-20-15-10-8-14(9-11-15)19-18-13-6-4-3-5-7-13/h3-11,22H,1-2H3. The Morgan fingerprint density at radius 3 is 1.79 bits per heavy atom. The normalized spacial score (nSPS) is 11.6. The van der Waals surface area contributed by atoms with Crippen LogP contribution in [0.3, 0.4) is 0 Å². The number of nitrogens with zero attached hydrogens (tertiary/aromatic N) is 5. The van der Waals surface area contributed by atoms with Crippen molar-refractivity contribution in [2.45, 2.75) is 6.92 Å². The number of nitrogens with one attached hydrogen (secondary N) is 1. The van der Waals surface area contributed by atoms with Gasteiger partial charge in [-0.15, -0.1) is 5.11 Å². The molecule has 0 aliphatic rings. The van der Waals surface area contributed by atoms with Crippen LogP contribution in [0.4, 0.5) is 22.7 Å². The summed E-state index contributed by atoms with van der Waals surface area (Å²) >= 11 is 0. The van der Waals surface area contributed by atoms with Crippen LogP contribution in [0.25, 0.3) is 0 Å². The van der Waals surface area contributed by atoms with E-state index in [0.717, 1.165) is 5.69 Å². The largest absolute Gasteiger partial charge is 0.298 e. The quantitative estimate of drug-likeness (QED) is 0.684. The van der Waals surface area contributed by atoms with Crippen molar-refractivity contribution in [1.82, 2.24) is 9.78 Å². The van der Waals surface area contributed by atoms with Gasteiger partial charge in [-0.05, 0) is 43.3 Å². The number of azo groups is 2. The van der Waals surface area contributed by atoms with Gasteiger partial charge < -0.3 is 0 Å². The van der Waals surface area contributed by atoms with E-state index in [1.165, 1.54) is 4.68 Å². The number of hydrogen-bond acceptors (Lipinski definition) is 5. The van der Waals surface area contributed by atoms with E-state index < -0.39 is 0 Å². The molecule has 0 radical (unpaired) electrons. The number of aromatic nitrogens is 2. The second-order valence-electron chi connectivity index (χ2n) is 5.20. The minimum Gasteiger partial charge on any atom is -0.298 e. The highest BCUT2D eigenvalue weighted by atomic mass is 16.1. The van der Waals surface area contributed by atoms with Crippen LogP contribution >= 0.6 is 0 Å². The van der Waals surface area contributed by atoms with Crippen molar-refractivity contribution in [1.29, 1.82) is 0 Å². The van der Waals surface area contributed by atoms with Crippen molar-refractivity contribution in [3.8, 4) is 0 Å². The van der Waals surface area contributed by atoms with Gasteiger partial charge in [0, 0.05) is 7.05 Å². The van der Waals surface area contributed by atoms with Crippen LogP contribution in [0.5, 0.6) is 0 Å². The number of benzene rings is 2. The van der Waals surface area contributed by atoms with Gasteiger partial charge in [-0.2, -0.15) is 15.3 Å². The van der Waals surface area contributed by atoms with Gasteiger partial charge in [0.2, 0.25) is 0 Å². The highest BCUT2D eigenvalue weighted by molar-refractivity contribution is 5.48. The van der Waals surface area contributed by atoms with Crippen LogP contribution in [0, 0.1) is 6.92 Å². The average Bonchev–Trinajstić information content (AvgIpc) is 2.85. The third-order valence-electron chi connectivity index (χ3n) is 3.35. The lowest BCUT2D eigenvalue weighted by molar-refractivity contribution is 0.731. The maximum atomic E-state index is 11.8. The molecule has 0 bridgehead atoms. The van der Waals surface area contributed by atoms with Gasteiger partial charge in [-0.1, -0.05) is 18.2 Å². The molecule has 0 saturated carbocycles. The molecule has 2 aromatic carbocycles. The van der Waals surface area contributed by atoms with Crippen LogP contribution in [-0.2, 0) is 7.05 Å². The lowest BCUT2D eigenvalue weighted by Crippen LogP contribution is -2.10. The maximum Gasteiger partial charge on any atom is 0.294 e. The fraction of sp³-hybridized carbons (Fsp3) is 0.118. The van der Waals surface area contributed by atoms with Gasteiger partial charge in [0.1, 0.15) is 0 Å². The topological polar surface area (TPSA) is 87.2 Å². The minimum absolute atomic E-state index is 0.204. The first kappa shape index (κ1) is 15.5. The fourth-order valence-electron chi connectivity index (χ4n) is 2.10. The minimum atomic E-state index is -0.204. The Morgan fingerprint density at radius 1 is 0.792 bits per heavy atom. The fourth-order valence-corrected chi connectivity index (χ4v) is 2.10. The van der Waals surface area contributed by atoms with Gasteiger partial charge in [0.15, 0.2) is 5.69 Å². The lowest BCUT2D eigenvalue weighted by Gasteiger charge is -1.94. The Kier molecular flexibility index (Phi) is 4.42. The van der Waals surface area contributed by atoms with Crippen molar-refractivity contribution in [3.63, 3.8) is 0 Å². The van der Waals surface area contributed by atoms with E-state index in [4.69, 9.17) is 0 Å². The second-order valence-corrected chi connectivity index (χ2v) is 5.20. The molecule has 24 heavy (non-hydrogen) atoms. The molecule has 0 aliphatic carbocycles. The summed E-state index contributed by atoms with van der Waals surface area (Å²) in [5.41, 5.74) is 2.93. The highest BCUT2D eigenvalue weighted by Gasteiger charge is 2.07. The van der Waals surface area contributed by atoms with Crippen molar-refractivity contribution in [3.05, 3.63) is 70.6 Å². The third kappa shape index (κ3) is 3.52. The zero-order valence-electron chi connectivity index (χ0n) is 13.3. The van der Waals surface area contributed by atoms with Crippen LogP contribution in [0.1, 0.15) is 5.69 Å². The maximum absolute atomic E-state index is 11.8. The number of hydrogen-bond donors (Lipinski definition) is 1. The average molecular weight is 320 g/mol. The number of H-pyrrole nitrogens is 1. The van der Waals surface area contributed by atoms with Crippen LogP contribution in [0.2, 0.25) is 0 Å². The molecule has 0 atom stereocenters. The van der Waals surface area contributed by atoms with Gasteiger partial charge in [0.05, 0.1) is 22.8 Å². The molecule has 0 saturated heterocycles. The first-order valence-electron chi connectivity index (χ1n) is 7.38. The second kappa shape index (κ2) is 6.82. The Labute approximate surface area is 138 Å². The van der Waals surface area contributed by atoms with Crippen molar-refractivity contribution in [2.75, 3.05) is 0 Å². The summed E-state index contributed by atoms with van der Waals surface area (Å²) in [4.78, 5) is 11.8. The molecular weight excluding hydrogens is 304 g/mol. The molecule has 0 spiro atoms. The van der Waals surface area contributed by atoms with Gasteiger partial charge in [0.25, 0.3) is 5.56 Å². The summed E-state index contributed by atoms with van der Waals surface area (Å²) in [7, 11) is 1.64. The molecule has 7 heteroatoms. The monoisotopic (exact) mass is 320 g/mol. The highest BCUT2D eigenvalue weighted by Crippen LogP contribution is 2.23. The first-order valence-corrected chi connectivity index (χ1v) is 7.38. The van der Waals surface area contributed by atoms with E-state index in [9.17, 15) is 4.79 Å². The number of aromatic amines is 1. The first-order chi connectivity index (χ1) is 11.6. The zero-order chi connectivity index (χ0) is 16.9. The molecule has 1 aromatic heterocycles. The predicted molar refractivity (Wildman–Crippen MR) is 92.0 cm³/mol. The molecule has 3 aromatic rings. The van der Waals surface area contributed by atoms with Crippen molar-refractivity contribution in [2.24, 2.45) is 27.5 Å². The third-order valence-corrected chi connectivity index (χ3v) is 3.35. The van der Waals surface area contributed by atoms with E-state index >= 15 is 0 Å². The molecule has 0 fully saturated rings. The lowest BCUT2D eigenvalue weighted by atomic mass is 10.3. The summed E-state index contributed by atoms with van der Waals surface area (Å²) in [6.45, 7) is 1.78. The number of aryl methyl sites for hydroxylation is 2. The van der Waals surface area contributed by atoms with Gasteiger partial charge in [-0.25, -0.2) is 0 Å². The molecule has 0 unspecified atom stereocenters. The molecule has 0 amide bonds. The number of rotatable bonds is 4. The van der Waals surface area contributed by atoms with Crippen LogP contribution in [0.15, 0.2) is 79.8 Å². The van der Waals surface area contributed by atoms with Crippen molar-refractivity contribution < 1.29 is 0 Å². The summed E-state index contributed by atoms with van der Waals surface area (Å²) in [5.74, 6) is 0. The van der Waals surface area contributed by atoms with Gasteiger partial charge >= 0.3 is 0 Å². The summed E-state index contributed by atoms with van der Waals surface area (Å²) in [6.07, 6.45) is 0. The molecule has 1 N–H and O–H groups in total. The molecule has 1 heterocycles. The molecule has 0 aliphatic heterocycles. The van der Waals surface area contributed by atoms with E-state index in [1.807, 2.05) is 30.3 Å². The summed E-state index contributed by atoms with van der Waals surface area (Å²) in [5, 5.41) is 19.3. The van der Waals surface area contributed by atoms with Crippen LogP contribution in [-0.4, -0.2) is 9.78 Å². The van der Waals surface area contributed by atoms with E-state index in [-0.39, 0.29) is 5.56 Å². The molecule has 7 nitrogen and oxygen atoms in total. The molecular formula is C17H16N6O. The van der Waals surface area contributed by atoms with Crippen LogP contribution < -0.4 is 5.56 Å². The SMILES string of the molecule is Cc1[nH]n(C)c(=O)c1N=Nc1ccc(N=Nc2ccccc2)cc1. The molecule has 120 valence electrons. The Bertz CT molecular complexity index is 935. The Balaban J connectivity index is 1.74. The zero-order valence-corrected chi connectivity index (χ0v) is 13.3.